The van der Waals surface area contributed by atoms with Crippen LogP contribution in [0.1, 0.15) is 60.0 Å². The molecule has 0 spiro atoms. The number of nitrogens with zero attached hydrogens (tertiary/aromatic N) is 1. The Bertz CT molecular complexity index is 945. The molecular weight excluding hydrogens is 364 g/mol. The van der Waals surface area contributed by atoms with Crippen molar-refractivity contribution in [2.24, 2.45) is 17.8 Å². The second kappa shape index (κ2) is 6.68. The third kappa shape index (κ3) is 3.22. The molecule has 1 N–H and O–H groups in total. The summed E-state index contributed by atoms with van der Waals surface area (Å²) in [5.74, 6) is 2.38. The lowest BCUT2D eigenvalue weighted by Crippen LogP contribution is -2.48. The molecule has 4 bridgehead atoms. The summed E-state index contributed by atoms with van der Waals surface area (Å²) in [6.07, 6.45) is 8.23. The zero-order valence-corrected chi connectivity index (χ0v) is 16.7. The first-order chi connectivity index (χ1) is 13.9. The van der Waals surface area contributed by atoms with E-state index < -0.39 is 4.92 Å². The van der Waals surface area contributed by atoms with Gasteiger partial charge in [-0.25, -0.2) is 0 Å². The highest BCUT2D eigenvalue weighted by molar-refractivity contribution is 6.04. The number of nitro benzene ring substituents is 1. The van der Waals surface area contributed by atoms with Gasteiger partial charge in [0.25, 0.3) is 11.6 Å². The van der Waals surface area contributed by atoms with Gasteiger partial charge in [0.05, 0.1) is 4.92 Å². The summed E-state index contributed by atoms with van der Waals surface area (Å²) in [6.45, 7) is 1.67. The van der Waals surface area contributed by atoms with Crippen LogP contribution >= 0.6 is 0 Å². The van der Waals surface area contributed by atoms with E-state index in [1.54, 1.807) is 19.1 Å². The number of aryl methyl sites for hydroxylation is 1. The third-order valence-electron chi connectivity index (χ3n) is 7.46. The number of anilines is 1. The summed E-state index contributed by atoms with van der Waals surface area (Å²) in [6, 6.07) is 12.9. The molecule has 0 saturated heterocycles. The van der Waals surface area contributed by atoms with Crippen LogP contribution in [0.5, 0.6) is 0 Å². The van der Waals surface area contributed by atoms with Crippen molar-refractivity contribution in [3.8, 4) is 0 Å². The van der Waals surface area contributed by atoms with Gasteiger partial charge < -0.3 is 5.32 Å². The van der Waals surface area contributed by atoms with Gasteiger partial charge >= 0.3 is 0 Å². The van der Waals surface area contributed by atoms with Gasteiger partial charge in [0.1, 0.15) is 0 Å². The maximum Gasteiger partial charge on any atom is 0.273 e. The lowest BCUT2D eigenvalue weighted by molar-refractivity contribution is -0.385. The largest absolute Gasteiger partial charge is 0.322 e. The quantitative estimate of drug-likeness (QED) is 0.544. The molecule has 2 aromatic rings. The number of carbonyl (C=O) groups is 1. The van der Waals surface area contributed by atoms with Gasteiger partial charge in [0.15, 0.2) is 0 Å². The van der Waals surface area contributed by atoms with Crippen molar-refractivity contribution in [1.82, 2.24) is 0 Å². The van der Waals surface area contributed by atoms with Crippen LogP contribution in [0, 0.1) is 34.8 Å². The van der Waals surface area contributed by atoms with E-state index in [4.69, 9.17) is 0 Å². The van der Waals surface area contributed by atoms with Crippen molar-refractivity contribution in [3.63, 3.8) is 0 Å². The number of rotatable bonds is 4. The van der Waals surface area contributed by atoms with E-state index in [0.29, 0.717) is 16.5 Å². The van der Waals surface area contributed by atoms with E-state index in [1.165, 1.54) is 50.2 Å². The van der Waals surface area contributed by atoms with Crippen LogP contribution < -0.4 is 5.32 Å². The first-order valence-corrected chi connectivity index (χ1v) is 10.6. The molecule has 4 saturated carbocycles. The molecule has 0 atom stereocenters. The molecule has 0 aliphatic heterocycles. The Hall–Kier alpha value is -2.69. The standard InChI is InChI=1S/C24H26N2O3/c1-15-2-3-19(11-22(15)26(28)29)23(27)25-21-6-4-20(5-7-21)24-12-16-8-17(13-24)10-18(9-16)14-24/h2-7,11,16-18H,8-10,12-14H2,1H3,(H,25,27). The molecule has 4 aliphatic carbocycles. The number of nitro groups is 1. The molecule has 5 heteroatoms. The molecule has 0 radical (unpaired) electrons. The summed E-state index contributed by atoms with van der Waals surface area (Å²) < 4.78 is 0. The molecule has 4 aliphatic rings. The molecule has 29 heavy (non-hydrogen) atoms. The van der Waals surface area contributed by atoms with Crippen molar-refractivity contribution in [1.29, 1.82) is 0 Å². The number of hydrogen-bond donors (Lipinski definition) is 1. The second-order valence-corrected chi connectivity index (χ2v) is 9.49. The van der Waals surface area contributed by atoms with Crippen LogP contribution in [0.2, 0.25) is 0 Å². The first kappa shape index (κ1) is 18.3. The Balaban J connectivity index is 1.33. The molecule has 0 heterocycles. The van der Waals surface area contributed by atoms with Crippen molar-refractivity contribution in [2.45, 2.75) is 50.9 Å². The Labute approximate surface area is 170 Å². The minimum absolute atomic E-state index is 0.0326. The van der Waals surface area contributed by atoms with Gasteiger partial charge in [-0.05, 0) is 92.4 Å². The van der Waals surface area contributed by atoms with Gasteiger partial charge in [-0.3, -0.25) is 14.9 Å². The lowest BCUT2D eigenvalue weighted by Gasteiger charge is -2.57. The van der Waals surface area contributed by atoms with E-state index in [2.05, 4.69) is 17.4 Å². The van der Waals surface area contributed by atoms with Crippen molar-refractivity contribution in [3.05, 3.63) is 69.3 Å². The van der Waals surface area contributed by atoms with Crippen LogP contribution in [0.3, 0.4) is 0 Å². The van der Waals surface area contributed by atoms with Crippen molar-refractivity contribution < 1.29 is 9.72 Å². The van der Waals surface area contributed by atoms with E-state index in [1.807, 2.05) is 12.1 Å². The fourth-order valence-electron chi connectivity index (χ4n) is 6.52. The summed E-state index contributed by atoms with van der Waals surface area (Å²) in [5, 5.41) is 14.0. The van der Waals surface area contributed by atoms with Crippen LogP contribution in [0.25, 0.3) is 0 Å². The van der Waals surface area contributed by atoms with Crippen LogP contribution in [0.15, 0.2) is 42.5 Å². The van der Waals surface area contributed by atoms with E-state index in [-0.39, 0.29) is 11.6 Å². The van der Waals surface area contributed by atoms with Gasteiger partial charge in [0.2, 0.25) is 0 Å². The molecule has 0 aromatic heterocycles. The maximum absolute atomic E-state index is 12.6. The molecule has 4 fully saturated rings. The predicted molar refractivity (Wildman–Crippen MR) is 112 cm³/mol. The molecule has 1 amide bonds. The summed E-state index contributed by atoms with van der Waals surface area (Å²) in [7, 11) is 0. The highest BCUT2D eigenvalue weighted by Crippen LogP contribution is 2.60. The van der Waals surface area contributed by atoms with E-state index >= 15 is 0 Å². The van der Waals surface area contributed by atoms with Crippen molar-refractivity contribution in [2.75, 3.05) is 5.32 Å². The van der Waals surface area contributed by atoms with Gasteiger partial charge in [-0.1, -0.05) is 18.2 Å². The van der Waals surface area contributed by atoms with Gasteiger partial charge in [0, 0.05) is 22.9 Å². The number of hydrogen-bond acceptors (Lipinski definition) is 3. The van der Waals surface area contributed by atoms with E-state index in [9.17, 15) is 14.9 Å². The average molecular weight is 390 g/mol. The number of carbonyl (C=O) groups excluding carboxylic acids is 1. The zero-order chi connectivity index (χ0) is 20.2. The monoisotopic (exact) mass is 390 g/mol. The smallest absolute Gasteiger partial charge is 0.273 e. The Morgan fingerprint density at radius 2 is 1.59 bits per heavy atom. The Kier molecular flexibility index (Phi) is 4.23. The Morgan fingerprint density at radius 1 is 1.00 bits per heavy atom. The molecule has 5 nitrogen and oxygen atoms in total. The maximum atomic E-state index is 12.6. The minimum Gasteiger partial charge on any atom is -0.322 e. The number of amides is 1. The molecule has 150 valence electrons. The summed E-state index contributed by atoms with van der Waals surface area (Å²) in [5.41, 5.74) is 3.30. The van der Waals surface area contributed by atoms with Crippen molar-refractivity contribution >= 4 is 17.3 Å². The fourth-order valence-corrected chi connectivity index (χ4v) is 6.52. The first-order valence-electron chi connectivity index (χ1n) is 10.6. The molecule has 2 aromatic carbocycles. The predicted octanol–water partition coefficient (Wildman–Crippen LogP) is 5.62. The van der Waals surface area contributed by atoms with Crippen LogP contribution in [-0.2, 0) is 5.41 Å². The SMILES string of the molecule is Cc1ccc(C(=O)Nc2ccc(C34CC5CC(CC(C5)C3)C4)cc2)cc1[N+](=O)[O-]. The van der Waals surface area contributed by atoms with Gasteiger partial charge in [-0.15, -0.1) is 0 Å². The third-order valence-corrected chi connectivity index (χ3v) is 7.46. The lowest BCUT2D eigenvalue weighted by atomic mass is 9.48. The minimum atomic E-state index is -0.452. The average Bonchev–Trinajstić information content (AvgIpc) is 2.67. The molecule has 6 rings (SSSR count). The normalized spacial score (nSPS) is 29.6. The second-order valence-electron chi connectivity index (χ2n) is 9.49. The number of nitrogens with one attached hydrogen (secondary N) is 1. The van der Waals surface area contributed by atoms with E-state index in [0.717, 1.165) is 23.4 Å². The summed E-state index contributed by atoms with van der Waals surface area (Å²) in [4.78, 5) is 23.3. The summed E-state index contributed by atoms with van der Waals surface area (Å²) >= 11 is 0. The fraction of sp³-hybridized carbons (Fsp3) is 0.458. The molecule has 0 unspecified atom stereocenters. The number of benzene rings is 2. The van der Waals surface area contributed by atoms with Gasteiger partial charge in [-0.2, -0.15) is 0 Å². The zero-order valence-electron chi connectivity index (χ0n) is 16.7. The van der Waals surface area contributed by atoms with Crippen LogP contribution in [-0.4, -0.2) is 10.8 Å². The highest BCUT2D eigenvalue weighted by atomic mass is 16.6. The van der Waals surface area contributed by atoms with Crippen LogP contribution in [0.4, 0.5) is 11.4 Å². The topological polar surface area (TPSA) is 72.2 Å². The highest BCUT2D eigenvalue weighted by Gasteiger charge is 2.51. The Morgan fingerprint density at radius 3 is 2.14 bits per heavy atom. The molecular formula is C24H26N2O3.